The van der Waals surface area contributed by atoms with E-state index in [1.165, 1.54) is 57.1 Å². The van der Waals surface area contributed by atoms with Gasteiger partial charge in [0.1, 0.15) is 0 Å². The Balaban J connectivity index is 1.47. The lowest BCUT2D eigenvalue weighted by Gasteiger charge is -2.57. The third kappa shape index (κ3) is 1.84. The zero-order valence-electron chi connectivity index (χ0n) is 14.7. The molecule has 5 rings (SSSR count). The summed E-state index contributed by atoms with van der Waals surface area (Å²) < 4.78 is 0.769. The SMILES string of the molecule is CC1(C)CCC2=C1CC[C@H]1[C@@H]2CC[C@@H]2C[C@@]3(CC[C@@]21C)CS3. The van der Waals surface area contributed by atoms with Crippen LogP contribution < -0.4 is 0 Å². The van der Waals surface area contributed by atoms with E-state index in [9.17, 15) is 0 Å². The number of hydrogen-bond acceptors (Lipinski definition) is 1. The lowest BCUT2D eigenvalue weighted by molar-refractivity contribution is -0.0375. The standard InChI is InChI=1S/C21H32S/c1-19(2)9-8-16-15-5-4-14-12-21(13-22-21)11-10-20(14,3)18(15)7-6-17(16)19/h14-15,18H,4-13H2,1-3H3/t14-,15-,18+,20+,21+/m1/s1. The lowest BCUT2D eigenvalue weighted by atomic mass is 9.48. The number of rotatable bonds is 0. The molecule has 0 aromatic carbocycles. The second kappa shape index (κ2) is 4.38. The number of hydrogen-bond donors (Lipinski definition) is 0. The monoisotopic (exact) mass is 316 g/mol. The van der Waals surface area contributed by atoms with Crippen molar-refractivity contribution in [2.24, 2.45) is 28.6 Å². The molecular formula is C21H32S. The minimum atomic E-state index is 0.527. The highest BCUT2D eigenvalue weighted by molar-refractivity contribution is 8.07. The molecule has 0 amide bonds. The lowest BCUT2D eigenvalue weighted by Crippen LogP contribution is -2.49. The highest BCUT2D eigenvalue weighted by atomic mass is 32.2. The molecule has 1 aliphatic heterocycles. The third-order valence-corrected chi connectivity index (χ3v) is 10.2. The third-order valence-electron chi connectivity index (χ3n) is 8.76. The second-order valence-corrected chi connectivity index (χ2v) is 11.5. The van der Waals surface area contributed by atoms with E-state index in [-0.39, 0.29) is 0 Å². The van der Waals surface area contributed by atoms with E-state index in [0.717, 1.165) is 22.5 Å². The molecule has 0 unspecified atom stereocenters. The normalized spacial score (nSPS) is 52.2. The van der Waals surface area contributed by atoms with E-state index in [4.69, 9.17) is 0 Å². The molecule has 1 spiro atoms. The molecule has 0 bridgehead atoms. The van der Waals surface area contributed by atoms with Crippen LogP contribution >= 0.6 is 11.8 Å². The van der Waals surface area contributed by atoms with Crippen LogP contribution in [0.4, 0.5) is 0 Å². The van der Waals surface area contributed by atoms with Crippen LogP contribution in [0.1, 0.15) is 78.6 Å². The maximum absolute atomic E-state index is 2.71. The predicted molar refractivity (Wildman–Crippen MR) is 96.1 cm³/mol. The van der Waals surface area contributed by atoms with Crippen molar-refractivity contribution in [1.82, 2.24) is 0 Å². The Bertz CT molecular complexity index is 538. The zero-order valence-corrected chi connectivity index (χ0v) is 15.5. The Morgan fingerprint density at radius 3 is 2.55 bits per heavy atom. The fourth-order valence-corrected chi connectivity index (χ4v) is 8.18. The molecule has 1 heterocycles. The highest BCUT2D eigenvalue weighted by Gasteiger charge is 2.59. The van der Waals surface area contributed by atoms with E-state index < -0.39 is 0 Å². The molecule has 4 aliphatic carbocycles. The van der Waals surface area contributed by atoms with Crippen molar-refractivity contribution in [3.05, 3.63) is 11.1 Å². The van der Waals surface area contributed by atoms with E-state index in [0.29, 0.717) is 10.8 Å². The molecular weight excluding hydrogens is 284 g/mol. The summed E-state index contributed by atoms with van der Waals surface area (Å²) in [6.45, 7) is 7.73. The van der Waals surface area contributed by atoms with Crippen LogP contribution in [0.5, 0.6) is 0 Å². The molecule has 1 saturated heterocycles. The Hall–Kier alpha value is 0.0900. The molecule has 122 valence electrons. The fraction of sp³-hybridized carbons (Fsp3) is 0.905. The highest BCUT2D eigenvalue weighted by Crippen LogP contribution is 2.68. The van der Waals surface area contributed by atoms with Gasteiger partial charge in [0, 0.05) is 10.5 Å². The van der Waals surface area contributed by atoms with Gasteiger partial charge in [0.25, 0.3) is 0 Å². The van der Waals surface area contributed by atoms with Gasteiger partial charge in [0.2, 0.25) is 0 Å². The van der Waals surface area contributed by atoms with Crippen molar-refractivity contribution in [2.75, 3.05) is 5.75 Å². The van der Waals surface area contributed by atoms with Crippen molar-refractivity contribution < 1.29 is 0 Å². The topological polar surface area (TPSA) is 0 Å². The quantitative estimate of drug-likeness (QED) is 0.378. The maximum Gasteiger partial charge on any atom is 0.0254 e. The van der Waals surface area contributed by atoms with Crippen LogP contribution in [-0.2, 0) is 0 Å². The van der Waals surface area contributed by atoms with Crippen LogP contribution in [0.3, 0.4) is 0 Å². The molecule has 22 heavy (non-hydrogen) atoms. The van der Waals surface area contributed by atoms with Crippen LogP contribution in [0.2, 0.25) is 0 Å². The first kappa shape index (κ1) is 14.4. The van der Waals surface area contributed by atoms with Crippen LogP contribution in [0.15, 0.2) is 11.1 Å². The summed E-state index contributed by atoms with van der Waals surface area (Å²) in [6.07, 6.45) is 13.5. The van der Waals surface area contributed by atoms with Gasteiger partial charge in [-0.05, 0) is 86.4 Å². The summed E-state index contributed by atoms with van der Waals surface area (Å²) in [5, 5.41) is 0. The van der Waals surface area contributed by atoms with E-state index in [2.05, 4.69) is 32.5 Å². The van der Waals surface area contributed by atoms with E-state index >= 15 is 0 Å². The number of allylic oxidation sites excluding steroid dienone is 2. The molecule has 0 nitrogen and oxygen atoms in total. The summed E-state index contributed by atoms with van der Waals surface area (Å²) in [7, 11) is 0. The van der Waals surface area contributed by atoms with Crippen molar-refractivity contribution in [3.63, 3.8) is 0 Å². The van der Waals surface area contributed by atoms with E-state index in [1.54, 1.807) is 6.42 Å². The summed E-state index contributed by atoms with van der Waals surface area (Å²) >= 11 is 2.28. The molecule has 3 fully saturated rings. The Morgan fingerprint density at radius 2 is 1.77 bits per heavy atom. The van der Waals surface area contributed by atoms with Gasteiger partial charge >= 0.3 is 0 Å². The summed E-state index contributed by atoms with van der Waals surface area (Å²) in [5.74, 6) is 4.54. The van der Waals surface area contributed by atoms with Gasteiger partial charge < -0.3 is 0 Å². The van der Waals surface area contributed by atoms with Gasteiger partial charge in [0.15, 0.2) is 0 Å². The molecule has 0 radical (unpaired) electrons. The van der Waals surface area contributed by atoms with Gasteiger partial charge in [0.05, 0.1) is 0 Å². The average molecular weight is 317 g/mol. The second-order valence-electron chi connectivity index (χ2n) is 10.1. The molecule has 2 saturated carbocycles. The first-order valence-corrected chi connectivity index (χ1v) is 10.8. The smallest absolute Gasteiger partial charge is 0.0254 e. The molecule has 5 atom stereocenters. The molecule has 5 aliphatic rings. The Morgan fingerprint density at radius 1 is 0.955 bits per heavy atom. The number of fused-ring (bicyclic) bond motifs is 4. The van der Waals surface area contributed by atoms with Crippen LogP contribution in [-0.4, -0.2) is 10.5 Å². The minimum Gasteiger partial charge on any atom is -0.153 e. The first-order chi connectivity index (χ1) is 10.4. The van der Waals surface area contributed by atoms with Crippen molar-refractivity contribution in [3.8, 4) is 0 Å². The maximum atomic E-state index is 2.71. The van der Waals surface area contributed by atoms with Gasteiger partial charge in [-0.25, -0.2) is 0 Å². The van der Waals surface area contributed by atoms with Crippen LogP contribution in [0, 0.1) is 28.6 Å². The van der Waals surface area contributed by atoms with Gasteiger partial charge in [-0.15, -0.1) is 0 Å². The fourth-order valence-electron chi connectivity index (χ4n) is 7.15. The zero-order chi connectivity index (χ0) is 15.2. The molecule has 0 N–H and O–H groups in total. The van der Waals surface area contributed by atoms with Crippen molar-refractivity contribution >= 4 is 11.8 Å². The minimum absolute atomic E-state index is 0.527. The Kier molecular flexibility index (Phi) is 2.87. The summed E-state index contributed by atoms with van der Waals surface area (Å²) in [5.41, 5.74) is 5.07. The summed E-state index contributed by atoms with van der Waals surface area (Å²) in [4.78, 5) is 0. The van der Waals surface area contributed by atoms with Gasteiger partial charge in [-0.2, -0.15) is 11.8 Å². The van der Waals surface area contributed by atoms with Gasteiger partial charge in [-0.1, -0.05) is 31.9 Å². The predicted octanol–water partition coefficient (Wildman–Crippen LogP) is 6.22. The molecule has 1 heteroatoms. The first-order valence-electron chi connectivity index (χ1n) is 9.80. The van der Waals surface area contributed by atoms with Crippen LogP contribution in [0.25, 0.3) is 0 Å². The van der Waals surface area contributed by atoms with Crippen molar-refractivity contribution in [1.29, 1.82) is 0 Å². The number of thioether (sulfide) groups is 1. The average Bonchev–Trinajstić information content (AvgIpc) is 3.17. The molecule has 0 aromatic heterocycles. The summed E-state index contributed by atoms with van der Waals surface area (Å²) in [6, 6.07) is 0. The molecule has 0 aromatic rings. The van der Waals surface area contributed by atoms with E-state index in [1.807, 2.05) is 11.1 Å². The Labute approximate surface area is 140 Å². The van der Waals surface area contributed by atoms with Gasteiger partial charge in [-0.3, -0.25) is 0 Å². The van der Waals surface area contributed by atoms with Crippen molar-refractivity contribution in [2.45, 2.75) is 83.3 Å². The largest absolute Gasteiger partial charge is 0.153 e.